The van der Waals surface area contributed by atoms with Crippen molar-refractivity contribution in [3.05, 3.63) is 11.8 Å². The van der Waals surface area contributed by atoms with E-state index in [0.717, 1.165) is 0 Å². The van der Waals surface area contributed by atoms with Crippen LogP contribution in [0.4, 0.5) is 5.82 Å². The van der Waals surface area contributed by atoms with Crippen molar-refractivity contribution in [3.8, 4) is 0 Å². The van der Waals surface area contributed by atoms with Crippen LogP contribution < -0.4 is 5.32 Å². The van der Waals surface area contributed by atoms with E-state index in [-0.39, 0.29) is 17.9 Å². The van der Waals surface area contributed by atoms with Crippen molar-refractivity contribution < 1.29 is 19.2 Å². The van der Waals surface area contributed by atoms with Gasteiger partial charge in [-0.15, -0.1) is 0 Å². The van der Waals surface area contributed by atoms with Crippen molar-refractivity contribution in [3.63, 3.8) is 0 Å². The third kappa shape index (κ3) is 4.29. The van der Waals surface area contributed by atoms with Gasteiger partial charge in [-0.05, 0) is 33.2 Å². The van der Waals surface area contributed by atoms with Gasteiger partial charge in [-0.3, -0.25) is 9.59 Å². The molecule has 0 saturated carbocycles. The number of likely N-dealkylation sites (tertiary alicyclic amines) is 1. The Balaban J connectivity index is 1.75. The van der Waals surface area contributed by atoms with Crippen LogP contribution in [-0.4, -0.2) is 46.2 Å². The molecule has 2 rings (SSSR count). The quantitative estimate of drug-likeness (QED) is 0.854. The van der Waals surface area contributed by atoms with Gasteiger partial charge in [0.15, 0.2) is 5.82 Å². The number of rotatable bonds is 5. The summed E-state index contributed by atoms with van der Waals surface area (Å²) in [5.74, 6) is -0.0236. The molecule has 1 amide bonds. The summed E-state index contributed by atoms with van der Waals surface area (Å²) in [6, 6.07) is 1.85. The van der Waals surface area contributed by atoms with E-state index in [1.165, 1.54) is 0 Å². The van der Waals surface area contributed by atoms with E-state index in [0.29, 0.717) is 43.9 Å². The van der Waals surface area contributed by atoms with Crippen LogP contribution in [0.25, 0.3) is 0 Å². The zero-order valence-electron chi connectivity index (χ0n) is 12.3. The number of carbonyl (C=O) groups excluding carboxylic acids is 1. The van der Waals surface area contributed by atoms with E-state index in [1.807, 2.05) is 6.92 Å². The fourth-order valence-corrected chi connectivity index (χ4v) is 2.65. The molecule has 1 aromatic rings. The van der Waals surface area contributed by atoms with Crippen LogP contribution in [-0.2, 0) is 9.59 Å². The van der Waals surface area contributed by atoms with Crippen LogP contribution in [0.1, 0.15) is 31.9 Å². The van der Waals surface area contributed by atoms with Gasteiger partial charge >= 0.3 is 5.97 Å². The fraction of sp³-hybridized carbons (Fsp3) is 0.643. The average molecular weight is 295 g/mol. The van der Waals surface area contributed by atoms with E-state index in [4.69, 9.17) is 9.63 Å². The van der Waals surface area contributed by atoms with E-state index in [2.05, 4.69) is 15.4 Å². The van der Waals surface area contributed by atoms with E-state index >= 15 is 0 Å². The first-order chi connectivity index (χ1) is 9.95. The zero-order valence-corrected chi connectivity index (χ0v) is 12.3. The van der Waals surface area contributed by atoms with Crippen LogP contribution in [0.3, 0.4) is 0 Å². The highest BCUT2D eigenvalue weighted by Crippen LogP contribution is 2.23. The number of aromatic nitrogens is 1. The molecular formula is C14H21N3O4. The number of amides is 1. The third-order valence-electron chi connectivity index (χ3n) is 3.88. The Kier molecular flexibility index (Phi) is 4.95. The summed E-state index contributed by atoms with van der Waals surface area (Å²) in [5, 5.41) is 15.4. The number of carboxylic acid groups (broad SMARTS) is 1. The minimum atomic E-state index is -0.722. The van der Waals surface area contributed by atoms with Gasteiger partial charge in [-0.1, -0.05) is 5.16 Å². The molecular weight excluding hydrogens is 274 g/mol. The second kappa shape index (κ2) is 6.71. The average Bonchev–Trinajstić information content (AvgIpc) is 2.82. The largest absolute Gasteiger partial charge is 0.481 e. The maximum atomic E-state index is 11.8. The SMILES string of the molecule is Cc1cc(NC(=O)CCN2CCC(C(=O)O)CC2C)no1. The smallest absolute Gasteiger partial charge is 0.306 e. The molecule has 2 N–H and O–H groups in total. The van der Waals surface area contributed by atoms with Crippen molar-refractivity contribution in [2.45, 2.75) is 39.2 Å². The third-order valence-corrected chi connectivity index (χ3v) is 3.88. The van der Waals surface area contributed by atoms with Crippen molar-refractivity contribution in [2.75, 3.05) is 18.4 Å². The molecule has 0 aromatic carbocycles. The summed E-state index contributed by atoms with van der Waals surface area (Å²) < 4.78 is 4.88. The lowest BCUT2D eigenvalue weighted by Gasteiger charge is -2.36. The highest BCUT2D eigenvalue weighted by molar-refractivity contribution is 5.89. The van der Waals surface area contributed by atoms with Gasteiger partial charge in [0, 0.05) is 25.1 Å². The number of piperidine rings is 1. The highest BCUT2D eigenvalue weighted by Gasteiger charge is 2.29. The maximum absolute atomic E-state index is 11.8. The summed E-state index contributed by atoms with van der Waals surface area (Å²) in [5.41, 5.74) is 0. The van der Waals surface area contributed by atoms with Gasteiger partial charge in [0.05, 0.1) is 5.92 Å². The highest BCUT2D eigenvalue weighted by atomic mass is 16.5. The summed E-state index contributed by atoms with van der Waals surface area (Å²) in [4.78, 5) is 25.0. The number of nitrogens with zero attached hydrogens (tertiary/aromatic N) is 2. The zero-order chi connectivity index (χ0) is 15.4. The molecule has 0 aliphatic carbocycles. The molecule has 2 heterocycles. The summed E-state index contributed by atoms with van der Waals surface area (Å²) in [6.45, 7) is 5.11. The predicted octanol–water partition coefficient (Wildman–Crippen LogP) is 1.50. The lowest BCUT2D eigenvalue weighted by molar-refractivity contribution is -0.144. The lowest BCUT2D eigenvalue weighted by Crippen LogP contribution is -2.43. The molecule has 1 fully saturated rings. The molecule has 116 valence electrons. The van der Waals surface area contributed by atoms with Gasteiger partial charge in [-0.25, -0.2) is 0 Å². The van der Waals surface area contributed by atoms with E-state index in [9.17, 15) is 9.59 Å². The Morgan fingerprint density at radius 2 is 2.33 bits per heavy atom. The molecule has 1 aliphatic heterocycles. The Morgan fingerprint density at radius 1 is 1.57 bits per heavy atom. The Labute approximate surface area is 123 Å². The van der Waals surface area contributed by atoms with Crippen LogP contribution in [0.5, 0.6) is 0 Å². The Hall–Kier alpha value is -1.89. The molecule has 1 aliphatic rings. The van der Waals surface area contributed by atoms with Crippen LogP contribution in [0.15, 0.2) is 10.6 Å². The van der Waals surface area contributed by atoms with Crippen molar-refractivity contribution in [1.82, 2.24) is 10.1 Å². The number of anilines is 1. The van der Waals surface area contributed by atoms with Gasteiger partial charge in [-0.2, -0.15) is 0 Å². The first-order valence-corrected chi connectivity index (χ1v) is 7.15. The van der Waals surface area contributed by atoms with Crippen LogP contribution in [0.2, 0.25) is 0 Å². The number of carbonyl (C=O) groups is 2. The standard InChI is InChI=1S/C14H21N3O4/c1-9-7-11(14(19)20)3-5-17(9)6-4-13(18)15-12-8-10(2)21-16-12/h8-9,11H,3-7H2,1-2H3,(H,19,20)(H,15,16,18). The van der Waals surface area contributed by atoms with Gasteiger partial charge in [0.25, 0.3) is 0 Å². The normalized spacial score (nSPS) is 23.0. The number of hydrogen-bond donors (Lipinski definition) is 2. The summed E-state index contributed by atoms with van der Waals surface area (Å²) >= 11 is 0. The fourth-order valence-electron chi connectivity index (χ4n) is 2.65. The number of aryl methyl sites for hydroxylation is 1. The molecule has 0 radical (unpaired) electrons. The lowest BCUT2D eigenvalue weighted by atomic mass is 9.91. The topological polar surface area (TPSA) is 95.7 Å². The van der Waals surface area contributed by atoms with Crippen molar-refractivity contribution >= 4 is 17.7 Å². The molecule has 1 aromatic heterocycles. The molecule has 0 bridgehead atoms. The molecule has 7 nitrogen and oxygen atoms in total. The van der Waals surface area contributed by atoms with E-state index in [1.54, 1.807) is 13.0 Å². The number of nitrogens with one attached hydrogen (secondary N) is 1. The molecule has 2 atom stereocenters. The predicted molar refractivity (Wildman–Crippen MR) is 75.9 cm³/mol. The number of carboxylic acids is 1. The maximum Gasteiger partial charge on any atom is 0.306 e. The van der Waals surface area contributed by atoms with Crippen LogP contribution >= 0.6 is 0 Å². The second-order valence-corrected chi connectivity index (χ2v) is 5.57. The summed E-state index contributed by atoms with van der Waals surface area (Å²) in [6.07, 6.45) is 1.64. The van der Waals surface area contributed by atoms with Gasteiger partial charge < -0.3 is 19.8 Å². The van der Waals surface area contributed by atoms with E-state index < -0.39 is 5.97 Å². The number of hydrogen-bond acceptors (Lipinski definition) is 5. The molecule has 2 unspecified atom stereocenters. The first kappa shape index (κ1) is 15.5. The molecule has 1 saturated heterocycles. The van der Waals surface area contributed by atoms with Crippen molar-refractivity contribution in [1.29, 1.82) is 0 Å². The summed E-state index contributed by atoms with van der Waals surface area (Å²) in [7, 11) is 0. The Morgan fingerprint density at radius 3 is 2.90 bits per heavy atom. The Bertz CT molecular complexity index is 514. The first-order valence-electron chi connectivity index (χ1n) is 7.15. The second-order valence-electron chi connectivity index (χ2n) is 5.57. The monoisotopic (exact) mass is 295 g/mol. The number of aliphatic carboxylic acids is 1. The molecule has 0 spiro atoms. The van der Waals surface area contributed by atoms with Crippen molar-refractivity contribution in [2.24, 2.45) is 5.92 Å². The minimum absolute atomic E-state index is 0.115. The van der Waals surface area contributed by atoms with Gasteiger partial charge in [0.2, 0.25) is 5.91 Å². The van der Waals surface area contributed by atoms with Crippen LogP contribution in [0, 0.1) is 12.8 Å². The molecule has 21 heavy (non-hydrogen) atoms. The minimum Gasteiger partial charge on any atom is -0.481 e. The molecule has 7 heteroatoms. The van der Waals surface area contributed by atoms with Gasteiger partial charge in [0.1, 0.15) is 5.76 Å².